The van der Waals surface area contributed by atoms with E-state index in [1.54, 1.807) is 0 Å². The molecule has 0 aliphatic carbocycles. The van der Waals surface area contributed by atoms with Crippen molar-refractivity contribution in [1.29, 1.82) is 0 Å². The van der Waals surface area contributed by atoms with Crippen LogP contribution in [0.15, 0.2) is 40.9 Å². The van der Waals surface area contributed by atoms with Crippen LogP contribution in [0.2, 0.25) is 0 Å². The molecule has 94 valence electrons. The van der Waals surface area contributed by atoms with E-state index in [1.807, 2.05) is 6.07 Å². The Morgan fingerprint density at radius 2 is 2.12 bits per heavy atom. The van der Waals surface area contributed by atoms with Crippen LogP contribution < -0.4 is 5.32 Å². The van der Waals surface area contributed by atoms with Crippen LogP contribution >= 0.6 is 15.9 Å². The van der Waals surface area contributed by atoms with E-state index in [-0.39, 0.29) is 0 Å². The van der Waals surface area contributed by atoms with E-state index >= 15 is 0 Å². The summed E-state index contributed by atoms with van der Waals surface area (Å²) < 4.78 is 1.17. The van der Waals surface area contributed by atoms with Gasteiger partial charge < -0.3 is 5.32 Å². The zero-order valence-electron chi connectivity index (χ0n) is 10.7. The lowest BCUT2D eigenvalue weighted by Gasteiger charge is -2.19. The summed E-state index contributed by atoms with van der Waals surface area (Å²) in [4.78, 5) is 2.28. The molecule has 0 aliphatic rings. The summed E-state index contributed by atoms with van der Waals surface area (Å²) in [6, 6.07) is 8.34. The Kier molecular flexibility index (Phi) is 6.48. The van der Waals surface area contributed by atoms with Gasteiger partial charge in [0.15, 0.2) is 0 Å². The van der Waals surface area contributed by atoms with Gasteiger partial charge in [-0.3, -0.25) is 4.90 Å². The smallest absolute Gasteiger partial charge is 0.0245 e. The first-order valence-corrected chi connectivity index (χ1v) is 6.72. The quantitative estimate of drug-likeness (QED) is 0.778. The third kappa shape index (κ3) is 5.48. The summed E-state index contributed by atoms with van der Waals surface area (Å²) in [5.74, 6) is 0. The second-order valence-corrected chi connectivity index (χ2v) is 5.15. The predicted molar refractivity (Wildman–Crippen MR) is 78.2 cm³/mol. The average molecular weight is 297 g/mol. The normalized spacial score (nSPS) is 10.8. The van der Waals surface area contributed by atoms with Crippen molar-refractivity contribution in [2.45, 2.75) is 13.5 Å². The molecule has 17 heavy (non-hydrogen) atoms. The van der Waals surface area contributed by atoms with Crippen LogP contribution in [0, 0.1) is 0 Å². The highest BCUT2D eigenvalue weighted by molar-refractivity contribution is 9.10. The lowest BCUT2D eigenvalue weighted by Crippen LogP contribution is -2.25. The molecule has 0 radical (unpaired) electrons. The lowest BCUT2D eigenvalue weighted by molar-refractivity contribution is 0.351. The van der Waals surface area contributed by atoms with Crippen LogP contribution in [0.25, 0.3) is 0 Å². The molecule has 1 rings (SSSR count). The maximum Gasteiger partial charge on any atom is 0.0245 e. The van der Waals surface area contributed by atoms with Crippen molar-refractivity contribution in [3.8, 4) is 0 Å². The molecular formula is C14H21BrN2. The van der Waals surface area contributed by atoms with Gasteiger partial charge in [0, 0.05) is 24.1 Å². The molecule has 1 aromatic rings. The van der Waals surface area contributed by atoms with Crippen LogP contribution in [0.3, 0.4) is 0 Å². The number of likely N-dealkylation sites (N-methyl/N-ethyl adjacent to an activating group) is 2. The zero-order valence-corrected chi connectivity index (χ0v) is 12.3. The zero-order chi connectivity index (χ0) is 12.7. The molecule has 1 aromatic carbocycles. The average Bonchev–Trinajstić information content (AvgIpc) is 2.29. The number of nitrogens with one attached hydrogen (secondary N) is 1. The van der Waals surface area contributed by atoms with Gasteiger partial charge in [0.05, 0.1) is 0 Å². The highest BCUT2D eigenvalue weighted by Gasteiger charge is 2.04. The Balaban J connectivity index is 2.42. The van der Waals surface area contributed by atoms with Crippen LogP contribution in [0.4, 0.5) is 0 Å². The number of halogens is 1. The largest absolute Gasteiger partial charge is 0.313 e. The Hall–Kier alpha value is -0.640. The predicted octanol–water partition coefficient (Wildman–Crippen LogP) is 3.05. The van der Waals surface area contributed by atoms with Crippen molar-refractivity contribution in [2.75, 3.05) is 26.7 Å². The van der Waals surface area contributed by atoms with Crippen LogP contribution in [-0.4, -0.2) is 31.6 Å². The van der Waals surface area contributed by atoms with E-state index in [0.717, 1.165) is 26.2 Å². The van der Waals surface area contributed by atoms with E-state index in [2.05, 4.69) is 64.9 Å². The number of benzene rings is 1. The summed E-state index contributed by atoms with van der Waals surface area (Å²) in [6.07, 6.45) is 0. The van der Waals surface area contributed by atoms with Gasteiger partial charge >= 0.3 is 0 Å². The van der Waals surface area contributed by atoms with Crippen LogP contribution in [0.1, 0.15) is 12.5 Å². The molecule has 0 fully saturated rings. The fraction of sp³-hybridized carbons (Fsp3) is 0.429. The van der Waals surface area contributed by atoms with E-state index in [9.17, 15) is 0 Å². The molecule has 2 nitrogen and oxygen atoms in total. The first kappa shape index (κ1) is 14.4. The number of hydrogen-bond donors (Lipinski definition) is 1. The third-order valence-electron chi connectivity index (χ3n) is 2.52. The van der Waals surface area contributed by atoms with Crippen molar-refractivity contribution in [1.82, 2.24) is 10.2 Å². The third-order valence-corrected chi connectivity index (χ3v) is 3.29. The van der Waals surface area contributed by atoms with Crippen molar-refractivity contribution in [2.24, 2.45) is 0 Å². The molecule has 0 saturated carbocycles. The second kappa shape index (κ2) is 7.64. The minimum absolute atomic E-state index is 0.900. The van der Waals surface area contributed by atoms with Gasteiger partial charge in [-0.1, -0.05) is 47.6 Å². The van der Waals surface area contributed by atoms with Crippen LogP contribution in [-0.2, 0) is 6.54 Å². The molecule has 0 unspecified atom stereocenters. The van der Waals surface area contributed by atoms with Gasteiger partial charge in [-0.05, 0) is 30.8 Å². The van der Waals surface area contributed by atoms with Crippen molar-refractivity contribution in [3.63, 3.8) is 0 Å². The number of rotatable bonds is 7. The van der Waals surface area contributed by atoms with E-state index in [4.69, 9.17) is 0 Å². The molecule has 0 aromatic heterocycles. The summed E-state index contributed by atoms with van der Waals surface area (Å²) >= 11 is 3.57. The van der Waals surface area contributed by atoms with Crippen molar-refractivity contribution < 1.29 is 0 Å². The van der Waals surface area contributed by atoms with Gasteiger partial charge in [0.2, 0.25) is 0 Å². The number of hydrogen-bond acceptors (Lipinski definition) is 2. The lowest BCUT2D eigenvalue weighted by atomic mass is 10.2. The maximum absolute atomic E-state index is 4.08. The molecule has 0 atom stereocenters. The van der Waals surface area contributed by atoms with Gasteiger partial charge in [0.25, 0.3) is 0 Å². The van der Waals surface area contributed by atoms with Gasteiger partial charge in [-0.2, -0.15) is 0 Å². The maximum atomic E-state index is 4.08. The SMILES string of the molecule is C=C(CNCC)CN(C)Cc1ccccc1Br. The Labute approximate surface area is 113 Å². The minimum Gasteiger partial charge on any atom is -0.313 e. The summed E-state index contributed by atoms with van der Waals surface area (Å²) in [7, 11) is 2.12. The molecule has 3 heteroatoms. The monoisotopic (exact) mass is 296 g/mol. The Morgan fingerprint density at radius 1 is 1.41 bits per heavy atom. The molecule has 1 N–H and O–H groups in total. The molecule has 0 spiro atoms. The van der Waals surface area contributed by atoms with E-state index in [1.165, 1.54) is 15.6 Å². The minimum atomic E-state index is 0.900. The molecule has 0 bridgehead atoms. The van der Waals surface area contributed by atoms with Crippen LogP contribution in [0.5, 0.6) is 0 Å². The molecule has 0 saturated heterocycles. The summed E-state index contributed by atoms with van der Waals surface area (Å²) in [5, 5.41) is 3.29. The topological polar surface area (TPSA) is 15.3 Å². The first-order valence-electron chi connectivity index (χ1n) is 5.92. The van der Waals surface area contributed by atoms with Crippen molar-refractivity contribution in [3.05, 3.63) is 46.5 Å². The van der Waals surface area contributed by atoms with E-state index < -0.39 is 0 Å². The summed E-state index contributed by atoms with van der Waals surface area (Å²) in [6.45, 7) is 9.94. The molecule has 0 amide bonds. The standard InChI is InChI=1S/C14H21BrN2/c1-4-16-9-12(2)10-17(3)11-13-7-5-6-8-14(13)15/h5-8,16H,2,4,9-11H2,1,3H3. The Bertz CT molecular complexity index is 363. The highest BCUT2D eigenvalue weighted by atomic mass is 79.9. The fourth-order valence-electron chi connectivity index (χ4n) is 1.71. The van der Waals surface area contributed by atoms with Crippen molar-refractivity contribution >= 4 is 15.9 Å². The summed E-state index contributed by atoms with van der Waals surface area (Å²) in [5.41, 5.74) is 2.53. The Morgan fingerprint density at radius 3 is 2.76 bits per heavy atom. The number of nitrogens with zero attached hydrogens (tertiary/aromatic N) is 1. The molecule has 0 heterocycles. The molecule has 0 aliphatic heterocycles. The van der Waals surface area contributed by atoms with E-state index in [0.29, 0.717) is 0 Å². The first-order chi connectivity index (χ1) is 8.13. The van der Waals surface area contributed by atoms with Gasteiger partial charge in [0.1, 0.15) is 0 Å². The second-order valence-electron chi connectivity index (χ2n) is 4.29. The molecular weight excluding hydrogens is 276 g/mol. The van der Waals surface area contributed by atoms with Gasteiger partial charge in [-0.25, -0.2) is 0 Å². The highest BCUT2D eigenvalue weighted by Crippen LogP contribution is 2.17. The van der Waals surface area contributed by atoms with Gasteiger partial charge in [-0.15, -0.1) is 0 Å². The fourth-order valence-corrected chi connectivity index (χ4v) is 2.12.